The average molecular weight is 1030 g/mol. The molecule has 72 heavy (non-hydrogen) atoms. The maximum Gasteiger partial charge on any atom is 0.472 e. The van der Waals surface area contributed by atoms with Crippen molar-refractivity contribution in [3.63, 3.8) is 0 Å². The van der Waals surface area contributed by atoms with Crippen LogP contribution in [0.1, 0.15) is 232 Å². The molecule has 2 atom stereocenters. The van der Waals surface area contributed by atoms with E-state index in [0.717, 1.165) is 77.0 Å². The van der Waals surface area contributed by atoms with Crippen LogP contribution in [0.25, 0.3) is 0 Å². The van der Waals surface area contributed by atoms with Gasteiger partial charge in [-0.1, -0.05) is 220 Å². The number of carbonyl (C=O) groups excluding carboxylic acids is 2. The first-order valence-corrected chi connectivity index (χ1v) is 30.5. The van der Waals surface area contributed by atoms with Crippen molar-refractivity contribution >= 4 is 19.8 Å². The van der Waals surface area contributed by atoms with Crippen LogP contribution in [0.2, 0.25) is 0 Å². The van der Waals surface area contributed by atoms with Crippen molar-refractivity contribution in [3.8, 4) is 0 Å². The first-order valence-electron chi connectivity index (χ1n) is 29.0. The van der Waals surface area contributed by atoms with E-state index in [1.54, 1.807) is 0 Å². The number of ether oxygens (including phenoxy) is 2. The van der Waals surface area contributed by atoms with E-state index >= 15 is 0 Å². The molecule has 0 saturated heterocycles. The van der Waals surface area contributed by atoms with Crippen LogP contribution in [0.3, 0.4) is 0 Å². The second-order valence-electron chi connectivity index (χ2n) is 20.3. The lowest BCUT2D eigenvalue weighted by atomic mass is 10.0. The molecule has 1 N–H and O–H groups in total. The number of allylic oxidation sites excluding steroid dienone is 16. The van der Waals surface area contributed by atoms with Crippen LogP contribution in [-0.4, -0.2) is 74.9 Å². The third-order valence-electron chi connectivity index (χ3n) is 12.1. The van der Waals surface area contributed by atoms with Gasteiger partial charge in [-0.15, -0.1) is 0 Å². The maximum atomic E-state index is 12.8. The Morgan fingerprint density at radius 1 is 0.444 bits per heavy atom. The molecule has 0 amide bonds. The maximum absolute atomic E-state index is 12.8. The van der Waals surface area contributed by atoms with Gasteiger partial charge in [0.05, 0.1) is 27.7 Å². The van der Waals surface area contributed by atoms with Crippen molar-refractivity contribution in [1.82, 2.24) is 0 Å². The summed E-state index contributed by atoms with van der Waals surface area (Å²) in [5, 5.41) is 0. The van der Waals surface area contributed by atoms with Crippen molar-refractivity contribution in [3.05, 3.63) is 97.2 Å². The highest BCUT2D eigenvalue weighted by Crippen LogP contribution is 2.43. The lowest BCUT2D eigenvalue weighted by Gasteiger charge is -2.24. The summed E-state index contributed by atoms with van der Waals surface area (Å²) in [7, 11) is 1.44. The van der Waals surface area contributed by atoms with Gasteiger partial charge in [0.25, 0.3) is 0 Å². The number of carbonyl (C=O) groups is 2. The van der Waals surface area contributed by atoms with Gasteiger partial charge in [-0.3, -0.25) is 18.6 Å². The lowest BCUT2D eigenvalue weighted by molar-refractivity contribution is -0.870. The van der Waals surface area contributed by atoms with Gasteiger partial charge in [0.2, 0.25) is 0 Å². The highest BCUT2D eigenvalue weighted by Gasteiger charge is 2.27. The predicted molar refractivity (Wildman–Crippen MR) is 307 cm³/mol. The van der Waals surface area contributed by atoms with E-state index in [2.05, 4.69) is 111 Å². The predicted octanol–water partition coefficient (Wildman–Crippen LogP) is 18.0. The average Bonchev–Trinajstić information content (AvgIpc) is 3.34. The van der Waals surface area contributed by atoms with Crippen molar-refractivity contribution < 1.29 is 42.1 Å². The molecule has 0 spiro atoms. The molecule has 2 unspecified atom stereocenters. The highest BCUT2D eigenvalue weighted by molar-refractivity contribution is 7.47. The first kappa shape index (κ1) is 68.9. The van der Waals surface area contributed by atoms with E-state index < -0.39 is 26.5 Å². The van der Waals surface area contributed by atoms with E-state index in [1.807, 2.05) is 21.1 Å². The Labute approximate surface area is 443 Å². The van der Waals surface area contributed by atoms with Crippen LogP contribution in [0, 0.1) is 0 Å². The second kappa shape index (κ2) is 52.8. The molecule has 0 rings (SSSR count). The van der Waals surface area contributed by atoms with Gasteiger partial charge in [-0.2, -0.15) is 0 Å². The van der Waals surface area contributed by atoms with Crippen LogP contribution < -0.4 is 0 Å². The van der Waals surface area contributed by atoms with E-state index in [0.29, 0.717) is 17.4 Å². The molecule has 0 aliphatic carbocycles. The monoisotopic (exact) mass is 1030 g/mol. The van der Waals surface area contributed by atoms with Crippen LogP contribution in [0.15, 0.2) is 97.2 Å². The molecule has 0 bridgehead atoms. The fraction of sp³-hybridized carbons (Fsp3) is 0.710. The number of phosphoric acid groups is 1. The van der Waals surface area contributed by atoms with Crippen molar-refractivity contribution in [2.45, 2.75) is 238 Å². The van der Waals surface area contributed by atoms with Crippen molar-refractivity contribution in [1.29, 1.82) is 0 Å². The third-order valence-corrected chi connectivity index (χ3v) is 13.1. The summed E-state index contributed by atoms with van der Waals surface area (Å²) in [6, 6.07) is 0. The third kappa shape index (κ3) is 56.2. The Morgan fingerprint density at radius 2 is 0.792 bits per heavy atom. The second-order valence-corrected chi connectivity index (χ2v) is 21.7. The van der Waals surface area contributed by atoms with Gasteiger partial charge in [0, 0.05) is 12.8 Å². The molecule has 0 aliphatic rings. The first-order chi connectivity index (χ1) is 35.0. The lowest BCUT2D eigenvalue weighted by Crippen LogP contribution is -2.37. The summed E-state index contributed by atoms with van der Waals surface area (Å²) in [6.07, 6.45) is 72.0. The number of nitrogens with zero attached hydrogens (tertiary/aromatic N) is 1. The fourth-order valence-corrected chi connectivity index (χ4v) is 8.38. The van der Waals surface area contributed by atoms with E-state index in [1.165, 1.54) is 122 Å². The molecular weight excluding hydrogens is 918 g/mol. The van der Waals surface area contributed by atoms with E-state index in [-0.39, 0.29) is 32.0 Å². The summed E-state index contributed by atoms with van der Waals surface area (Å²) < 4.78 is 34.5. The molecule has 9 nitrogen and oxygen atoms in total. The largest absolute Gasteiger partial charge is 0.472 e. The minimum atomic E-state index is -4.40. The Balaban J connectivity index is 4.22. The number of hydrogen-bond acceptors (Lipinski definition) is 7. The summed E-state index contributed by atoms with van der Waals surface area (Å²) >= 11 is 0. The number of unbranched alkanes of at least 4 members (excludes halogenated alkanes) is 22. The minimum Gasteiger partial charge on any atom is -0.462 e. The fourth-order valence-electron chi connectivity index (χ4n) is 7.64. The minimum absolute atomic E-state index is 0.0186. The van der Waals surface area contributed by atoms with Gasteiger partial charge in [0.1, 0.15) is 19.8 Å². The van der Waals surface area contributed by atoms with Crippen LogP contribution in [0.5, 0.6) is 0 Å². The van der Waals surface area contributed by atoms with Gasteiger partial charge in [-0.25, -0.2) is 4.57 Å². The molecule has 0 aromatic carbocycles. The zero-order chi connectivity index (χ0) is 52.7. The molecule has 0 aliphatic heterocycles. The highest BCUT2D eigenvalue weighted by atomic mass is 31.2. The molecule has 0 aromatic heterocycles. The quantitative estimate of drug-likeness (QED) is 0.0211. The van der Waals surface area contributed by atoms with Gasteiger partial charge < -0.3 is 18.9 Å². The Bertz CT molecular complexity index is 1540. The summed E-state index contributed by atoms with van der Waals surface area (Å²) in [5.41, 5.74) is 0. The number of likely N-dealkylation sites (N-methyl/N-ethyl adjacent to an activating group) is 1. The SMILES string of the molecule is CC/C=C\C/C=C\C/C=C\C/C=C\C/C=C\C/C=C\CCCCC(=O)OC(COC(=O)CCCCCCCCCCCCCCCCC/C=C\C/C=C\CCCCCCC)COP(=O)(O)OCC[N+](C)(C)C. The van der Waals surface area contributed by atoms with Gasteiger partial charge in [-0.05, 0) is 96.3 Å². The topological polar surface area (TPSA) is 108 Å². The normalized spacial score (nSPS) is 14.0. The van der Waals surface area contributed by atoms with Crippen molar-refractivity contribution in [2.24, 2.45) is 0 Å². The number of hydrogen-bond donors (Lipinski definition) is 1. The summed E-state index contributed by atoms with van der Waals surface area (Å²) in [4.78, 5) is 35.7. The number of quaternary nitrogens is 1. The van der Waals surface area contributed by atoms with Crippen LogP contribution in [0.4, 0.5) is 0 Å². The van der Waals surface area contributed by atoms with E-state index in [4.69, 9.17) is 18.5 Å². The molecule has 0 fully saturated rings. The van der Waals surface area contributed by atoms with Crippen molar-refractivity contribution in [2.75, 3.05) is 47.5 Å². The molecule has 0 heterocycles. The van der Waals surface area contributed by atoms with Crippen LogP contribution in [-0.2, 0) is 32.7 Å². The number of phosphoric ester groups is 1. The van der Waals surface area contributed by atoms with Crippen LogP contribution >= 0.6 is 7.82 Å². The molecule has 0 saturated carbocycles. The Hall–Kier alpha value is -3.07. The number of esters is 2. The smallest absolute Gasteiger partial charge is 0.462 e. The molecule has 10 heteroatoms. The molecule has 414 valence electrons. The number of rotatable bonds is 52. The molecule has 0 radical (unpaired) electrons. The molecular formula is C62H109NO8P+. The standard InChI is InChI=1S/C62H108NO8P/c1-6-8-10-12-14-16-18-20-22-24-26-28-29-30-31-32-33-35-36-38-40-42-44-46-48-50-52-54-61(64)68-58-60(59-70-72(66,67)69-57-56-63(3,4)5)71-62(65)55-53-51-49-47-45-43-41-39-37-34-27-25-23-21-19-17-15-13-11-9-7-2/h9,11,15,17-18,20-21,23-24,26-27,34,39,41,45,47,60H,6-8,10,12-14,16,19,22,25,28-33,35-38,40,42-44,46,48-59H2,1-5H3/p+1/b11-9-,17-15-,20-18-,23-21-,26-24-,34-27-,41-39-,47-45-. The summed E-state index contributed by atoms with van der Waals surface area (Å²) in [5.74, 6) is -0.850. The zero-order valence-corrected chi connectivity index (χ0v) is 47.8. The zero-order valence-electron chi connectivity index (χ0n) is 46.9. The van der Waals surface area contributed by atoms with Gasteiger partial charge in [0.15, 0.2) is 6.10 Å². The molecule has 0 aromatic rings. The Morgan fingerprint density at radius 3 is 1.21 bits per heavy atom. The Kier molecular flexibility index (Phi) is 50.5. The van der Waals surface area contributed by atoms with Gasteiger partial charge >= 0.3 is 19.8 Å². The summed E-state index contributed by atoms with van der Waals surface area (Å²) in [6.45, 7) is 4.26. The van der Waals surface area contributed by atoms with E-state index in [9.17, 15) is 19.0 Å².